The molecule has 1 aromatic carbocycles. The minimum atomic E-state index is 0.702. The van der Waals surface area contributed by atoms with Crippen molar-refractivity contribution in [2.75, 3.05) is 5.73 Å². The third kappa shape index (κ3) is 1.90. The summed E-state index contributed by atoms with van der Waals surface area (Å²) in [7, 11) is 0. The van der Waals surface area contributed by atoms with Gasteiger partial charge in [0, 0.05) is 23.6 Å². The van der Waals surface area contributed by atoms with E-state index in [4.69, 9.17) is 5.73 Å². The van der Waals surface area contributed by atoms with E-state index < -0.39 is 0 Å². The van der Waals surface area contributed by atoms with Gasteiger partial charge in [0.1, 0.15) is 0 Å². The fourth-order valence-electron chi connectivity index (χ4n) is 1.09. The summed E-state index contributed by atoms with van der Waals surface area (Å²) in [5.41, 5.74) is 7.29. The zero-order valence-corrected chi connectivity index (χ0v) is 8.90. The molecule has 0 saturated carbocycles. The van der Waals surface area contributed by atoms with Crippen LogP contribution in [0.15, 0.2) is 41.1 Å². The van der Waals surface area contributed by atoms with E-state index in [1.54, 1.807) is 12.4 Å². The van der Waals surface area contributed by atoms with Crippen molar-refractivity contribution in [1.82, 2.24) is 9.97 Å². The maximum Gasteiger partial charge on any atom is 0.159 e. The zero-order chi connectivity index (χ0) is 9.97. The summed E-state index contributed by atoms with van der Waals surface area (Å²) in [6.45, 7) is 0. The largest absolute Gasteiger partial charge is 0.399 e. The molecule has 0 bridgehead atoms. The van der Waals surface area contributed by atoms with Crippen molar-refractivity contribution in [2.45, 2.75) is 0 Å². The van der Waals surface area contributed by atoms with E-state index >= 15 is 0 Å². The van der Waals surface area contributed by atoms with E-state index in [2.05, 4.69) is 25.9 Å². The monoisotopic (exact) mass is 249 g/mol. The van der Waals surface area contributed by atoms with Gasteiger partial charge in [-0.15, -0.1) is 0 Å². The normalized spacial score (nSPS) is 10.1. The lowest BCUT2D eigenvalue weighted by Crippen LogP contribution is -1.89. The van der Waals surface area contributed by atoms with Gasteiger partial charge in [0.2, 0.25) is 0 Å². The predicted octanol–water partition coefficient (Wildman–Crippen LogP) is 2.49. The van der Waals surface area contributed by atoms with Crippen LogP contribution in [0.5, 0.6) is 0 Å². The van der Waals surface area contributed by atoms with E-state index in [0.29, 0.717) is 5.82 Å². The molecule has 4 heteroatoms. The highest BCUT2D eigenvalue weighted by Crippen LogP contribution is 2.17. The zero-order valence-electron chi connectivity index (χ0n) is 7.31. The van der Waals surface area contributed by atoms with Crippen LogP contribution in [0.3, 0.4) is 0 Å². The highest BCUT2D eigenvalue weighted by Gasteiger charge is 1.99. The quantitative estimate of drug-likeness (QED) is 0.791. The molecule has 0 radical (unpaired) electrons. The summed E-state index contributed by atoms with van der Waals surface area (Å²) in [5.74, 6) is 0.702. The first-order chi connectivity index (χ1) is 6.75. The molecule has 2 aromatic rings. The average molecular weight is 250 g/mol. The molecular weight excluding hydrogens is 242 g/mol. The van der Waals surface area contributed by atoms with Gasteiger partial charge in [-0.2, -0.15) is 0 Å². The molecule has 0 spiro atoms. The molecule has 0 amide bonds. The molecule has 2 N–H and O–H groups in total. The number of hydrogen-bond acceptors (Lipinski definition) is 3. The lowest BCUT2D eigenvalue weighted by Gasteiger charge is -1.99. The first-order valence-electron chi connectivity index (χ1n) is 4.09. The van der Waals surface area contributed by atoms with Crippen molar-refractivity contribution in [3.63, 3.8) is 0 Å². The Balaban J connectivity index is 2.40. The SMILES string of the molecule is Nc1ccc(-c2ncc(Br)cn2)cc1. The van der Waals surface area contributed by atoms with Gasteiger partial charge in [0.05, 0.1) is 4.47 Å². The Morgan fingerprint density at radius 3 is 2.14 bits per heavy atom. The second-order valence-corrected chi connectivity index (χ2v) is 3.76. The molecule has 14 heavy (non-hydrogen) atoms. The molecule has 0 aliphatic carbocycles. The number of halogens is 1. The van der Waals surface area contributed by atoms with Crippen LogP contribution in [0, 0.1) is 0 Å². The first-order valence-corrected chi connectivity index (χ1v) is 4.88. The number of rotatable bonds is 1. The van der Waals surface area contributed by atoms with Crippen molar-refractivity contribution in [3.05, 3.63) is 41.1 Å². The third-order valence-corrected chi connectivity index (χ3v) is 2.20. The average Bonchev–Trinajstić information content (AvgIpc) is 2.21. The maximum absolute atomic E-state index is 5.58. The van der Waals surface area contributed by atoms with Gasteiger partial charge in [0.25, 0.3) is 0 Å². The Hall–Kier alpha value is -1.42. The minimum Gasteiger partial charge on any atom is -0.399 e. The minimum absolute atomic E-state index is 0.702. The molecule has 0 atom stereocenters. The van der Waals surface area contributed by atoms with E-state index in [0.717, 1.165) is 15.7 Å². The molecule has 2 rings (SSSR count). The second kappa shape index (κ2) is 3.75. The Morgan fingerprint density at radius 2 is 1.57 bits per heavy atom. The van der Waals surface area contributed by atoms with Crippen molar-refractivity contribution in [2.24, 2.45) is 0 Å². The predicted molar refractivity (Wildman–Crippen MR) is 59.6 cm³/mol. The van der Waals surface area contributed by atoms with Crippen molar-refractivity contribution in [3.8, 4) is 11.4 Å². The topological polar surface area (TPSA) is 51.8 Å². The van der Waals surface area contributed by atoms with Crippen LogP contribution >= 0.6 is 15.9 Å². The van der Waals surface area contributed by atoms with Gasteiger partial charge in [0.15, 0.2) is 5.82 Å². The standard InChI is InChI=1S/C10H8BrN3/c11-8-5-13-10(14-6-8)7-1-3-9(12)4-2-7/h1-6H,12H2. The van der Waals surface area contributed by atoms with Gasteiger partial charge in [-0.3, -0.25) is 0 Å². The van der Waals surface area contributed by atoms with Crippen LogP contribution in [0.4, 0.5) is 5.69 Å². The van der Waals surface area contributed by atoms with Gasteiger partial charge in [-0.05, 0) is 40.2 Å². The van der Waals surface area contributed by atoms with Gasteiger partial charge in [-0.1, -0.05) is 0 Å². The summed E-state index contributed by atoms with van der Waals surface area (Å²) >= 11 is 3.28. The Labute approximate surface area is 90.1 Å². The van der Waals surface area contributed by atoms with Crippen LogP contribution in [0.2, 0.25) is 0 Å². The van der Waals surface area contributed by atoms with Crippen molar-refractivity contribution < 1.29 is 0 Å². The number of nitrogens with zero attached hydrogens (tertiary/aromatic N) is 2. The van der Waals surface area contributed by atoms with Crippen molar-refractivity contribution in [1.29, 1.82) is 0 Å². The van der Waals surface area contributed by atoms with Crippen LogP contribution in [0.1, 0.15) is 0 Å². The Bertz CT molecular complexity index is 379. The lowest BCUT2D eigenvalue weighted by molar-refractivity contribution is 1.16. The Morgan fingerprint density at radius 1 is 1.00 bits per heavy atom. The molecule has 1 aromatic heterocycles. The smallest absolute Gasteiger partial charge is 0.159 e. The maximum atomic E-state index is 5.58. The number of hydrogen-bond donors (Lipinski definition) is 1. The first kappa shape index (κ1) is 9.15. The number of nitrogens with two attached hydrogens (primary N) is 1. The molecule has 0 saturated heterocycles. The summed E-state index contributed by atoms with van der Waals surface area (Å²) < 4.78 is 0.872. The molecule has 0 aliphatic rings. The van der Waals surface area contributed by atoms with Crippen LogP contribution in [0.25, 0.3) is 11.4 Å². The fourth-order valence-corrected chi connectivity index (χ4v) is 1.30. The van der Waals surface area contributed by atoms with Crippen LogP contribution < -0.4 is 5.73 Å². The molecular formula is C10H8BrN3. The Kier molecular flexibility index (Phi) is 2.45. The summed E-state index contributed by atoms with van der Waals surface area (Å²) in [6, 6.07) is 7.47. The highest BCUT2D eigenvalue weighted by atomic mass is 79.9. The summed E-state index contributed by atoms with van der Waals surface area (Å²) in [4.78, 5) is 8.36. The van der Waals surface area contributed by atoms with E-state index in [1.807, 2.05) is 24.3 Å². The van der Waals surface area contributed by atoms with Crippen LogP contribution in [-0.2, 0) is 0 Å². The number of nitrogen functional groups attached to an aromatic ring is 1. The lowest BCUT2D eigenvalue weighted by atomic mass is 10.2. The molecule has 0 fully saturated rings. The van der Waals surface area contributed by atoms with Crippen molar-refractivity contribution >= 4 is 21.6 Å². The molecule has 70 valence electrons. The number of anilines is 1. The summed E-state index contributed by atoms with van der Waals surface area (Å²) in [6.07, 6.45) is 3.44. The second-order valence-electron chi connectivity index (χ2n) is 2.85. The number of benzene rings is 1. The van der Waals surface area contributed by atoms with E-state index in [1.165, 1.54) is 0 Å². The van der Waals surface area contributed by atoms with E-state index in [-0.39, 0.29) is 0 Å². The molecule has 1 heterocycles. The summed E-state index contributed by atoms with van der Waals surface area (Å²) in [5, 5.41) is 0. The molecule has 0 aliphatic heterocycles. The van der Waals surface area contributed by atoms with E-state index in [9.17, 15) is 0 Å². The molecule has 3 nitrogen and oxygen atoms in total. The van der Waals surface area contributed by atoms with Gasteiger partial charge >= 0.3 is 0 Å². The molecule has 0 unspecified atom stereocenters. The van der Waals surface area contributed by atoms with Gasteiger partial charge < -0.3 is 5.73 Å². The van der Waals surface area contributed by atoms with Gasteiger partial charge in [-0.25, -0.2) is 9.97 Å². The number of aromatic nitrogens is 2. The highest BCUT2D eigenvalue weighted by molar-refractivity contribution is 9.10. The fraction of sp³-hybridized carbons (Fsp3) is 0. The third-order valence-electron chi connectivity index (χ3n) is 1.79. The van der Waals surface area contributed by atoms with Crippen LogP contribution in [-0.4, -0.2) is 9.97 Å².